The van der Waals surface area contributed by atoms with Crippen molar-refractivity contribution >= 4 is 6.29 Å². The summed E-state index contributed by atoms with van der Waals surface area (Å²) in [6.07, 6.45) is 6.83. The van der Waals surface area contributed by atoms with Crippen molar-refractivity contribution in [1.82, 2.24) is 5.32 Å². The van der Waals surface area contributed by atoms with Crippen molar-refractivity contribution in [3.8, 4) is 0 Å². The summed E-state index contributed by atoms with van der Waals surface area (Å²) in [5, 5.41) is 3.18. The predicted molar refractivity (Wildman–Crippen MR) is 63.6 cm³/mol. The van der Waals surface area contributed by atoms with Gasteiger partial charge in [0.25, 0.3) is 0 Å². The second-order valence-corrected chi connectivity index (χ2v) is 4.19. The Balaban J connectivity index is 2.92. The minimum Gasteiger partial charge on any atom is -0.312 e. The van der Waals surface area contributed by atoms with Crippen molar-refractivity contribution < 1.29 is 4.79 Å². The lowest BCUT2D eigenvalue weighted by molar-refractivity contribution is -0.105. The van der Waals surface area contributed by atoms with E-state index in [0.29, 0.717) is 5.92 Å². The van der Waals surface area contributed by atoms with E-state index in [4.69, 9.17) is 0 Å². The highest BCUT2D eigenvalue weighted by atomic mass is 16.1. The minimum atomic E-state index is 0.0717. The van der Waals surface area contributed by atoms with Gasteiger partial charge < -0.3 is 5.32 Å². The number of hydrogen-bond donors (Lipinski definition) is 1. The van der Waals surface area contributed by atoms with Crippen LogP contribution in [0.5, 0.6) is 0 Å². The molecule has 0 aliphatic heterocycles. The summed E-state index contributed by atoms with van der Waals surface area (Å²) in [4.78, 5) is 10.9. The van der Waals surface area contributed by atoms with E-state index >= 15 is 0 Å². The summed E-state index contributed by atoms with van der Waals surface area (Å²) in [5.41, 5.74) is 1.96. The van der Waals surface area contributed by atoms with Crippen LogP contribution in [0.4, 0.5) is 0 Å². The molecule has 0 aromatic heterocycles. The Bertz CT molecular complexity index is 312. The van der Waals surface area contributed by atoms with Crippen molar-refractivity contribution in [2.45, 2.75) is 19.9 Å². The maximum absolute atomic E-state index is 10.9. The fraction of sp³-hybridized carbons (Fsp3) is 0.462. The van der Waals surface area contributed by atoms with E-state index in [1.807, 2.05) is 19.2 Å². The largest absolute Gasteiger partial charge is 0.312 e. The lowest BCUT2D eigenvalue weighted by atomic mass is 9.80. The van der Waals surface area contributed by atoms with Gasteiger partial charge in [-0.15, -0.1) is 0 Å². The number of allylic oxidation sites excluding steroid dienone is 2. The zero-order valence-corrected chi connectivity index (χ0v) is 9.66. The number of aldehydes is 1. The number of carbonyl (C=O) groups is 1. The Morgan fingerprint density at radius 3 is 2.73 bits per heavy atom. The van der Waals surface area contributed by atoms with E-state index < -0.39 is 0 Å². The number of carbonyl (C=O) groups excluding carboxylic acids is 1. The lowest BCUT2D eigenvalue weighted by Crippen LogP contribution is -2.37. The van der Waals surface area contributed by atoms with Gasteiger partial charge in [0.1, 0.15) is 6.29 Å². The van der Waals surface area contributed by atoms with Crippen molar-refractivity contribution in [2.24, 2.45) is 11.8 Å². The molecule has 2 atom stereocenters. The Morgan fingerprint density at radius 1 is 1.60 bits per heavy atom. The Hall–Kier alpha value is -1.15. The van der Waals surface area contributed by atoms with E-state index in [9.17, 15) is 4.79 Å². The van der Waals surface area contributed by atoms with Crippen molar-refractivity contribution in [3.05, 3.63) is 36.0 Å². The fourth-order valence-corrected chi connectivity index (χ4v) is 1.89. The first-order chi connectivity index (χ1) is 7.11. The van der Waals surface area contributed by atoms with Crippen LogP contribution in [0.25, 0.3) is 0 Å². The third kappa shape index (κ3) is 2.45. The van der Waals surface area contributed by atoms with Gasteiger partial charge in [-0.2, -0.15) is 0 Å². The van der Waals surface area contributed by atoms with Gasteiger partial charge >= 0.3 is 0 Å². The monoisotopic (exact) mass is 205 g/mol. The van der Waals surface area contributed by atoms with Gasteiger partial charge in [0.05, 0.1) is 0 Å². The predicted octanol–water partition coefficient (Wildman–Crippen LogP) is 2.10. The van der Waals surface area contributed by atoms with Gasteiger partial charge in [-0.3, -0.25) is 4.79 Å². The number of nitrogens with one attached hydrogen (secondary N) is 1. The van der Waals surface area contributed by atoms with Gasteiger partial charge in [0.15, 0.2) is 0 Å². The van der Waals surface area contributed by atoms with Crippen LogP contribution in [-0.2, 0) is 4.79 Å². The first-order valence-electron chi connectivity index (χ1n) is 5.31. The molecule has 0 amide bonds. The van der Waals surface area contributed by atoms with E-state index in [1.165, 1.54) is 0 Å². The van der Waals surface area contributed by atoms with Crippen LogP contribution in [0.3, 0.4) is 0 Å². The highest BCUT2D eigenvalue weighted by Gasteiger charge is 2.26. The van der Waals surface area contributed by atoms with Crippen molar-refractivity contribution in [1.29, 1.82) is 0 Å². The first-order valence-corrected chi connectivity index (χ1v) is 5.31. The quantitative estimate of drug-likeness (QED) is 0.562. The highest BCUT2D eigenvalue weighted by molar-refractivity contribution is 5.76. The van der Waals surface area contributed by atoms with E-state index in [1.54, 1.807) is 0 Å². The van der Waals surface area contributed by atoms with Crippen LogP contribution in [-0.4, -0.2) is 19.4 Å². The van der Waals surface area contributed by atoms with Crippen molar-refractivity contribution in [3.63, 3.8) is 0 Å². The summed E-state index contributed by atoms with van der Waals surface area (Å²) < 4.78 is 0. The van der Waals surface area contributed by atoms with Gasteiger partial charge in [0, 0.05) is 17.5 Å². The Kier molecular flexibility index (Phi) is 4.04. The van der Waals surface area contributed by atoms with Gasteiger partial charge in [-0.05, 0) is 13.0 Å². The van der Waals surface area contributed by atoms with Crippen molar-refractivity contribution in [2.75, 3.05) is 7.05 Å². The molecule has 2 nitrogen and oxygen atoms in total. The zero-order valence-electron chi connectivity index (χ0n) is 9.66. The molecular formula is C13H19NO. The van der Waals surface area contributed by atoms with Crippen LogP contribution in [0.15, 0.2) is 36.0 Å². The third-order valence-corrected chi connectivity index (χ3v) is 2.94. The smallest absolute Gasteiger partial charge is 0.147 e. The van der Waals surface area contributed by atoms with Gasteiger partial charge in [0.2, 0.25) is 0 Å². The second-order valence-electron chi connectivity index (χ2n) is 4.19. The fourth-order valence-electron chi connectivity index (χ4n) is 1.89. The number of rotatable bonds is 4. The van der Waals surface area contributed by atoms with Crippen LogP contribution in [0, 0.1) is 11.8 Å². The lowest BCUT2D eigenvalue weighted by Gasteiger charge is -2.30. The molecule has 0 saturated carbocycles. The summed E-state index contributed by atoms with van der Waals surface area (Å²) in [6.45, 7) is 8.36. The zero-order chi connectivity index (χ0) is 11.4. The minimum absolute atomic E-state index is 0.0717. The molecule has 0 bridgehead atoms. The molecule has 2 unspecified atom stereocenters. The summed E-state index contributed by atoms with van der Waals surface area (Å²) in [5.74, 6) is 0.654. The van der Waals surface area contributed by atoms with E-state index in [2.05, 4.69) is 31.8 Å². The molecule has 0 radical (unpaired) electrons. The molecule has 1 rings (SSSR count). The molecule has 1 N–H and O–H groups in total. The van der Waals surface area contributed by atoms with E-state index in [0.717, 1.165) is 17.4 Å². The molecule has 0 spiro atoms. The number of likely N-dealkylation sites (N-methyl/N-ethyl adjacent to an activating group) is 1. The van der Waals surface area contributed by atoms with Gasteiger partial charge in [-0.25, -0.2) is 0 Å². The molecule has 1 aliphatic rings. The molecule has 0 heterocycles. The maximum atomic E-state index is 10.9. The summed E-state index contributed by atoms with van der Waals surface area (Å²) in [7, 11) is 1.88. The molecule has 0 aromatic carbocycles. The highest BCUT2D eigenvalue weighted by Crippen LogP contribution is 2.28. The first kappa shape index (κ1) is 11.9. The standard InChI is InChI=1S/C13H19NO/c1-9(2)10(3)12-7-5-6-11(8-15)13(12)14-4/h5-9,12-14H,3H2,1-2,4H3. The molecule has 0 saturated heterocycles. The SMILES string of the molecule is C=C(C(C)C)C1C=CC=C(C=O)C1NC. The molecule has 82 valence electrons. The Labute approximate surface area is 91.8 Å². The summed E-state index contributed by atoms with van der Waals surface area (Å²) >= 11 is 0. The maximum Gasteiger partial charge on any atom is 0.147 e. The van der Waals surface area contributed by atoms with Gasteiger partial charge in [-0.1, -0.05) is 44.2 Å². The molecule has 15 heavy (non-hydrogen) atoms. The molecule has 0 aromatic rings. The van der Waals surface area contributed by atoms with Crippen LogP contribution in [0.1, 0.15) is 13.8 Å². The second kappa shape index (κ2) is 5.08. The van der Waals surface area contributed by atoms with E-state index in [-0.39, 0.29) is 12.0 Å². The molecule has 2 heteroatoms. The number of hydrogen-bond acceptors (Lipinski definition) is 2. The average molecular weight is 205 g/mol. The summed E-state index contributed by atoms with van der Waals surface area (Å²) in [6, 6.07) is 0.0717. The molecular weight excluding hydrogens is 186 g/mol. The normalized spacial score (nSPS) is 25.2. The van der Waals surface area contributed by atoms with Crippen LogP contribution >= 0.6 is 0 Å². The molecule has 0 fully saturated rings. The average Bonchev–Trinajstić information content (AvgIpc) is 2.26. The van der Waals surface area contributed by atoms with Crippen LogP contribution in [0.2, 0.25) is 0 Å². The topological polar surface area (TPSA) is 29.1 Å². The third-order valence-electron chi connectivity index (χ3n) is 2.94. The Morgan fingerprint density at radius 2 is 2.27 bits per heavy atom. The molecule has 1 aliphatic carbocycles. The van der Waals surface area contributed by atoms with Crippen LogP contribution < -0.4 is 5.32 Å².